The highest BCUT2D eigenvalue weighted by Gasteiger charge is 2.62. The number of hydrogen-bond acceptors (Lipinski definition) is 4. The van der Waals surface area contributed by atoms with Crippen molar-refractivity contribution in [2.45, 2.75) is 38.8 Å². The van der Waals surface area contributed by atoms with Gasteiger partial charge in [0, 0.05) is 24.1 Å². The minimum absolute atomic E-state index is 0.0553. The van der Waals surface area contributed by atoms with E-state index in [-0.39, 0.29) is 27.8 Å². The third-order valence-electron chi connectivity index (χ3n) is 4.51. The molecule has 1 saturated carbocycles. The Morgan fingerprint density at radius 1 is 1.45 bits per heavy atom. The van der Waals surface area contributed by atoms with E-state index in [2.05, 4.69) is 5.32 Å². The number of benzene rings is 1. The standard InChI is InChI=1S/C15H20Cl2N2O3/c1-4-22-11-7-15(18,14(11,2)3)13(21)19-8-5-9(16)12(20)10(17)6-8/h5-6,11,20H,4,7,18H2,1-3H3,(H,19,21). The Morgan fingerprint density at radius 2 is 2.00 bits per heavy atom. The minimum atomic E-state index is -1.04. The molecular weight excluding hydrogens is 327 g/mol. The number of halogens is 2. The van der Waals surface area contributed by atoms with E-state index in [0.717, 1.165) is 0 Å². The van der Waals surface area contributed by atoms with Crippen molar-refractivity contribution < 1.29 is 14.6 Å². The minimum Gasteiger partial charge on any atom is -0.505 e. The first-order chi connectivity index (χ1) is 10.1. The Hall–Kier alpha value is -1.01. The highest BCUT2D eigenvalue weighted by molar-refractivity contribution is 6.37. The second-order valence-corrected chi connectivity index (χ2v) is 6.90. The summed E-state index contributed by atoms with van der Waals surface area (Å²) in [6.07, 6.45) is 0.388. The monoisotopic (exact) mass is 346 g/mol. The van der Waals surface area contributed by atoms with Crippen LogP contribution in [0.1, 0.15) is 27.2 Å². The molecule has 1 aliphatic carbocycles. The maximum Gasteiger partial charge on any atom is 0.245 e. The largest absolute Gasteiger partial charge is 0.505 e. The van der Waals surface area contributed by atoms with E-state index in [9.17, 15) is 9.90 Å². The second-order valence-electron chi connectivity index (χ2n) is 6.08. The SMILES string of the molecule is CCOC1CC(N)(C(=O)Nc2cc(Cl)c(O)c(Cl)c2)C1(C)C. The summed E-state index contributed by atoms with van der Waals surface area (Å²) < 4.78 is 5.61. The molecule has 1 fully saturated rings. The molecule has 1 amide bonds. The lowest BCUT2D eigenvalue weighted by molar-refractivity contribution is -0.166. The Morgan fingerprint density at radius 3 is 2.45 bits per heavy atom. The zero-order valence-corrected chi connectivity index (χ0v) is 14.3. The van der Waals surface area contributed by atoms with Crippen LogP contribution in [0.5, 0.6) is 5.75 Å². The van der Waals surface area contributed by atoms with Crippen LogP contribution in [0.15, 0.2) is 12.1 Å². The average Bonchev–Trinajstić information content (AvgIpc) is 2.44. The number of carbonyl (C=O) groups is 1. The number of hydrogen-bond donors (Lipinski definition) is 3. The molecule has 22 heavy (non-hydrogen) atoms. The van der Waals surface area contributed by atoms with E-state index >= 15 is 0 Å². The second kappa shape index (κ2) is 5.89. The molecule has 0 aliphatic heterocycles. The van der Waals surface area contributed by atoms with Gasteiger partial charge in [0.2, 0.25) is 5.91 Å². The first kappa shape index (κ1) is 17.3. The van der Waals surface area contributed by atoms with E-state index in [1.165, 1.54) is 12.1 Å². The number of rotatable bonds is 4. The van der Waals surface area contributed by atoms with Gasteiger partial charge >= 0.3 is 0 Å². The van der Waals surface area contributed by atoms with Crippen molar-refractivity contribution in [1.29, 1.82) is 0 Å². The van der Waals surface area contributed by atoms with Crippen LogP contribution in [-0.4, -0.2) is 29.3 Å². The van der Waals surface area contributed by atoms with Gasteiger partial charge in [-0.3, -0.25) is 4.79 Å². The van der Waals surface area contributed by atoms with Crippen molar-refractivity contribution >= 4 is 34.8 Å². The molecule has 0 spiro atoms. The molecule has 0 radical (unpaired) electrons. The van der Waals surface area contributed by atoms with Crippen molar-refractivity contribution in [3.05, 3.63) is 22.2 Å². The van der Waals surface area contributed by atoms with E-state index in [4.69, 9.17) is 33.7 Å². The molecule has 5 nitrogen and oxygen atoms in total. The smallest absolute Gasteiger partial charge is 0.245 e. The molecule has 1 aromatic carbocycles. The van der Waals surface area contributed by atoms with E-state index in [1.54, 1.807) is 0 Å². The summed E-state index contributed by atoms with van der Waals surface area (Å²) in [7, 11) is 0. The van der Waals surface area contributed by atoms with E-state index < -0.39 is 11.0 Å². The molecule has 2 atom stereocenters. The first-order valence-electron chi connectivity index (χ1n) is 7.03. The summed E-state index contributed by atoms with van der Waals surface area (Å²) in [5.74, 6) is -0.546. The van der Waals surface area contributed by atoms with Gasteiger partial charge in [-0.2, -0.15) is 0 Å². The van der Waals surface area contributed by atoms with Crippen molar-refractivity contribution in [2.24, 2.45) is 11.1 Å². The summed E-state index contributed by atoms with van der Waals surface area (Å²) in [6, 6.07) is 2.85. The normalized spacial score (nSPS) is 26.4. The van der Waals surface area contributed by atoms with Gasteiger partial charge in [0.1, 0.15) is 5.54 Å². The van der Waals surface area contributed by atoms with Crippen molar-refractivity contribution in [1.82, 2.24) is 0 Å². The van der Waals surface area contributed by atoms with Crippen molar-refractivity contribution in [3.8, 4) is 5.75 Å². The number of phenols is 1. The molecule has 0 saturated heterocycles. The first-order valence-corrected chi connectivity index (χ1v) is 7.79. The predicted octanol–water partition coefficient (Wildman–Crippen LogP) is 3.17. The van der Waals surface area contributed by atoms with Crippen LogP contribution in [0.2, 0.25) is 10.0 Å². The van der Waals surface area contributed by atoms with Crippen LogP contribution in [-0.2, 0) is 9.53 Å². The zero-order valence-electron chi connectivity index (χ0n) is 12.7. The lowest BCUT2D eigenvalue weighted by atomic mass is 9.54. The molecule has 7 heteroatoms. The number of amides is 1. The van der Waals surface area contributed by atoms with Gasteiger partial charge in [-0.05, 0) is 19.1 Å². The number of anilines is 1. The summed E-state index contributed by atoms with van der Waals surface area (Å²) in [4.78, 5) is 12.5. The Bertz CT molecular complexity index is 583. The Kier molecular flexibility index (Phi) is 4.64. The van der Waals surface area contributed by atoms with Crippen molar-refractivity contribution in [2.75, 3.05) is 11.9 Å². The van der Waals surface area contributed by atoms with Crippen LogP contribution < -0.4 is 11.1 Å². The Balaban J connectivity index is 2.16. The van der Waals surface area contributed by atoms with E-state index in [0.29, 0.717) is 18.7 Å². The number of ether oxygens (including phenoxy) is 1. The van der Waals surface area contributed by atoms with Crippen LogP contribution in [0.25, 0.3) is 0 Å². The van der Waals surface area contributed by atoms with E-state index in [1.807, 2.05) is 20.8 Å². The van der Waals surface area contributed by atoms with Gasteiger partial charge in [-0.1, -0.05) is 37.0 Å². The lowest BCUT2D eigenvalue weighted by Crippen LogP contribution is -2.74. The van der Waals surface area contributed by atoms with Gasteiger partial charge in [0.25, 0.3) is 0 Å². The van der Waals surface area contributed by atoms with Crippen LogP contribution in [0.3, 0.4) is 0 Å². The fourth-order valence-electron chi connectivity index (χ4n) is 2.70. The average molecular weight is 347 g/mol. The molecule has 122 valence electrons. The zero-order chi connectivity index (χ0) is 16.7. The van der Waals surface area contributed by atoms with Gasteiger partial charge in [0.05, 0.1) is 16.1 Å². The molecule has 0 heterocycles. The maximum absolute atomic E-state index is 12.5. The fourth-order valence-corrected chi connectivity index (χ4v) is 3.19. The number of nitrogens with one attached hydrogen (secondary N) is 1. The molecule has 1 aliphatic rings. The molecule has 1 aromatic rings. The third kappa shape index (κ3) is 2.67. The molecule has 0 bridgehead atoms. The molecule has 0 aromatic heterocycles. The molecule has 4 N–H and O–H groups in total. The summed E-state index contributed by atoms with van der Waals surface area (Å²) >= 11 is 11.7. The topological polar surface area (TPSA) is 84.6 Å². The summed E-state index contributed by atoms with van der Waals surface area (Å²) in [5, 5.41) is 12.4. The summed E-state index contributed by atoms with van der Waals surface area (Å²) in [5.41, 5.74) is 5.15. The van der Waals surface area contributed by atoms with Crippen molar-refractivity contribution in [3.63, 3.8) is 0 Å². The van der Waals surface area contributed by atoms with Gasteiger partial charge < -0.3 is 20.9 Å². The highest BCUT2D eigenvalue weighted by Crippen LogP contribution is 2.50. The Labute approximate surface area is 139 Å². The fraction of sp³-hybridized carbons (Fsp3) is 0.533. The van der Waals surface area contributed by atoms with Crippen LogP contribution in [0, 0.1) is 5.41 Å². The van der Waals surface area contributed by atoms with Crippen LogP contribution in [0.4, 0.5) is 5.69 Å². The van der Waals surface area contributed by atoms with Gasteiger partial charge in [-0.25, -0.2) is 0 Å². The predicted molar refractivity (Wildman–Crippen MR) is 87.5 cm³/mol. The summed E-state index contributed by atoms with van der Waals surface area (Å²) in [6.45, 7) is 6.31. The quantitative estimate of drug-likeness (QED) is 0.731. The lowest BCUT2D eigenvalue weighted by Gasteiger charge is -2.57. The molecule has 2 unspecified atom stereocenters. The van der Waals surface area contributed by atoms with Gasteiger partial charge in [0.15, 0.2) is 5.75 Å². The van der Waals surface area contributed by atoms with Gasteiger partial charge in [-0.15, -0.1) is 0 Å². The molecular formula is C15H20Cl2N2O3. The van der Waals surface area contributed by atoms with Crippen LogP contribution >= 0.6 is 23.2 Å². The number of aromatic hydroxyl groups is 1. The number of carbonyl (C=O) groups excluding carboxylic acids is 1. The molecule has 2 rings (SSSR count). The number of nitrogens with two attached hydrogens (primary N) is 1. The highest BCUT2D eigenvalue weighted by atomic mass is 35.5. The number of phenolic OH excluding ortho intramolecular Hbond substituents is 1. The maximum atomic E-state index is 12.5. The third-order valence-corrected chi connectivity index (χ3v) is 5.09.